The first-order valence-electron chi connectivity index (χ1n) is 8.10. The summed E-state index contributed by atoms with van der Waals surface area (Å²) in [6.07, 6.45) is 0.985. The van der Waals surface area contributed by atoms with E-state index in [1.165, 1.54) is 11.6 Å². The smallest absolute Gasteiger partial charge is 0.139 e. The SMILES string of the molecule is CCc1ccc(-c2ccc(C#Cc3ccc(C#N)cc3)c(F)c2)cc1. The molecule has 3 aromatic rings. The summed E-state index contributed by atoms with van der Waals surface area (Å²) in [5, 5.41) is 8.79. The highest BCUT2D eigenvalue weighted by Crippen LogP contribution is 2.22. The largest absolute Gasteiger partial charge is 0.206 e. The summed E-state index contributed by atoms with van der Waals surface area (Å²) in [6, 6.07) is 22.2. The Hall–Kier alpha value is -3.36. The van der Waals surface area contributed by atoms with Gasteiger partial charge >= 0.3 is 0 Å². The molecule has 0 radical (unpaired) electrons. The monoisotopic (exact) mass is 325 g/mol. The summed E-state index contributed by atoms with van der Waals surface area (Å²) in [5.41, 5.74) is 4.77. The van der Waals surface area contributed by atoms with Gasteiger partial charge in [-0.3, -0.25) is 0 Å². The molecule has 0 aliphatic carbocycles. The molecule has 0 saturated carbocycles. The van der Waals surface area contributed by atoms with Crippen LogP contribution in [0.2, 0.25) is 0 Å². The number of hydrogen-bond donors (Lipinski definition) is 0. The first kappa shape index (κ1) is 16.5. The van der Waals surface area contributed by atoms with E-state index in [1.807, 2.05) is 18.2 Å². The van der Waals surface area contributed by atoms with Crippen LogP contribution in [0.25, 0.3) is 11.1 Å². The number of rotatable bonds is 2. The van der Waals surface area contributed by atoms with Gasteiger partial charge in [0.1, 0.15) is 5.82 Å². The number of benzene rings is 3. The Morgan fingerprint density at radius 2 is 1.44 bits per heavy atom. The molecule has 0 aliphatic rings. The maximum absolute atomic E-state index is 14.4. The molecule has 3 aromatic carbocycles. The van der Waals surface area contributed by atoms with Crippen LogP contribution in [0, 0.1) is 29.0 Å². The highest BCUT2D eigenvalue weighted by molar-refractivity contribution is 5.65. The lowest BCUT2D eigenvalue weighted by Gasteiger charge is -2.04. The molecular formula is C23H16FN. The molecule has 2 heteroatoms. The summed E-state index contributed by atoms with van der Waals surface area (Å²) in [4.78, 5) is 0. The molecule has 0 atom stereocenters. The number of nitriles is 1. The highest BCUT2D eigenvalue weighted by Gasteiger charge is 2.04. The summed E-state index contributed by atoms with van der Waals surface area (Å²) >= 11 is 0. The average Bonchev–Trinajstić information content (AvgIpc) is 2.67. The van der Waals surface area contributed by atoms with Gasteiger partial charge in [-0.25, -0.2) is 4.39 Å². The van der Waals surface area contributed by atoms with Crippen molar-refractivity contribution in [2.24, 2.45) is 0 Å². The lowest BCUT2D eigenvalue weighted by Crippen LogP contribution is -1.87. The van der Waals surface area contributed by atoms with Gasteiger partial charge < -0.3 is 0 Å². The Kier molecular flexibility index (Phi) is 4.93. The van der Waals surface area contributed by atoms with Crippen molar-refractivity contribution in [3.63, 3.8) is 0 Å². The van der Waals surface area contributed by atoms with E-state index in [9.17, 15) is 4.39 Å². The van der Waals surface area contributed by atoms with Crippen LogP contribution < -0.4 is 0 Å². The van der Waals surface area contributed by atoms with Crippen LogP contribution in [-0.4, -0.2) is 0 Å². The number of aryl methyl sites for hydroxylation is 1. The second kappa shape index (κ2) is 7.47. The first-order chi connectivity index (χ1) is 12.2. The van der Waals surface area contributed by atoms with Crippen molar-refractivity contribution < 1.29 is 4.39 Å². The summed E-state index contributed by atoms with van der Waals surface area (Å²) < 4.78 is 14.4. The molecule has 120 valence electrons. The third-order valence-corrected chi connectivity index (χ3v) is 4.02. The lowest BCUT2D eigenvalue weighted by atomic mass is 10.0. The van der Waals surface area contributed by atoms with Crippen LogP contribution in [0.4, 0.5) is 4.39 Å². The van der Waals surface area contributed by atoms with Crippen molar-refractivity contribution in [3.05, 3.63) is 94.8 Å². The number of halogens is 1. The molecule has 0 aromatic heterocycles. The van der Waals surface area contributed by atoms with Crippen molar-refractivity contribution in [1.82, 2.24) is 0 Å². The van der Waals surface area contributed by atoms with Gasteiger partial charge in [-0.15, -0.1) is 0 Å². The average molecular weight is 325 g/mol. The highest BCUT2D eigenvalue weighted by atomic mass is 19.1. The zero-order chi connectivity index (χ0) is 17.6. The third-order valence-electron chi connectivity index (χ3n) is 4.02. The van der Waals surface area contributed by atoms with Gasteiger partial charge in [-0.05, 0) is 59.5 Å². The molecular weight excluding hydrogens is 309 g/mol. The predicted octanol–water partition coefficient (Wildman–Crippen LogP) is 5.33. The van der Waals surface area contributed by atoms with E-state index >= 15 is 0 Å². The minimum Gasteiger partial charge on any atom is -0.206 e. The van der Waals surface area contributed by atoms with Crippen molar-refractivity contribution in [2.45, 2.75) is 13.3 Å². The fraction of sp³-hybridized carbons (Fsp3) is 0.0870. The Balaban J connectivity index is 1.84. The summed E-state index contributed by atoms with van der Waals surface area (Å²) in [7, 11) is 0. The van der Waals surface area contributed by atoms with Gasteiger partial charge in [0.05, 0.1) is 17.2 Å². The minimum atomic E-state index is -0.335. The third kappa shape index (κ3) is 3.94. The molecule has 1 nitrogen and oxygen atoms in total. The van der Waals surface area contributed by atoms with Crippen LogP contribution in [-0.2, 0) is 6.42 Å². The van der Waals surface area contributed by atoms with Crippen LogP contribution in [0.3, 0.4) is 0 Å². The van der Waals surface area contributed by atoms with Crippen molar-refractivity contribution in [2.75, 3.05) is 0 Å². The Morgan fingerprint density at radius 3 is 2.04 bits per heavy atom. The van der Waals surface area contributed by atoms with E-state index in [4.69, 9.17) is 5.26 Å². The summed E-state index contributed by atoms with van der Waals surface area (Å²) in [6.45, 7) is 2.11. The van der Waals surface area contributed by atoms with Crippen molar-refractivity contribution >= 4 is 0 Å². The van der Waals surface area contributed by atoms with Gasteiger partial charge in [0, 0.05) is 5.56 Å². The Morgan fingerprint density at radius 1 is 0.800 bits per heavy atom. The van der Waals surface area contributed by atoms with Crippen LogP contribution in [0.1, 0.15) is 29.2 Å². The topological polar surface area (TPSA) is 23.8 Å². The van der Waals surface area contributed by atoms with E-state index in [0.717, 1.165) is 23.1 Å². The summed E-state index contributed by atoms with van der Waals surface area (Å²) in [5.74, 6) is 5.45. The van der Waals surface area contributed by atoms with Crippen LogP contribution in [0.5, 0.6) is 0 Å². The van der Waals surface area contributed by atoms with E-state index in [1.54, 1.807) is 30.3 Å². The molecule has 0 heterocycles. The molecule has 0 amide bonds. The zero-order valence-electron chi connectivity index (χ0n) is 13.9. The van der Waals surface area contributed by atoms with Crippen LogP contribution in [0.15, 0.2) is 66.7 Å². The fourth-order valence-corrected chi connectivity index (χ4v) is 2.50. The molecule has 0 fully saturated rings. The molecule has 0 unspecified atom stereocenters. The van der Waals surface area contributed by atoms with Gasteiger partial charge in [-0.2, -0.15) is 5.26 Å². The maximum atomic E-state index is 14.4. The normalized spacial score (nSPS) is 9.80. The van der Waals surface area contributed by atoms with E-state index < -0.39 is 0 Å². The number of nitrogens with zero attached hydrogens (tertiary/aromatic N) is 1. The van der Waals surface area contributed by atoms with Crippen molar-refractivity contribution in [3.8, 4) is 29.0 Å². The van der Waals surface area contributed by atoms with Gasteiger partial charge in [0.25, 0.3) is 0 Å². The zero-order valence-corrected chi connectivity index (χ0v) is 13.9. The van der Waals surface area contributed by atoms with E-state index in [-0.39, 0.29) is 5.82 Å². The van der Waals surface area contributed by atoms with Gasteiger partial charge in [0.15, 0.2) is 0 Å². The standard InChI is InChI=1S/C23H16FN/c1-2-17-7-10-20(11-8-17)22-14-13-21(23(24)15-22)12-9-18-3-5-19(16-25)6-4-18/h3-8,10-11,13-15H,2H2,1H3. The van der Waals surface area contributed by atoms with Gasteiger partial charge in [-0.1, -0.05) is 49.1 Å². The maximum Gasteiger partial charge on any atom is 0.139 e. The second-order valence-corrected chi connectivity index (χ2v) is 5.68. The Labute approximate surface area is 147 Å². The molecule has 25 heavy (non-hydrogen) atoms. The molecule has 0 bridgehead atoms. The number of hydrogen-bond acceptors (Lipinski definition) is 1. The molecule has 0 N–H and O–H groups in total. The minimum absolute atomic E-state index is 0.335. The quantitative estimate of drug-likeness (QED) is 0.584. The predicted molar refractivity (Wildman–Crippen MR) is 98.4 cm³/mol. The fourth-order valence-electron chi connectivity index (χ4n) is 2.50. The van der Waals surface area contributed by atoms with E-state index in [0.29, 0.717) is 11.1 Å². The first-order valence-corrected chi connectivity index (χ1v) is 8.10. The van der Waals surface area contributed by atoms with Crippen LogP contribution >= 0.6 is 0 Å². The van der Waals surface area contributed by atoms with Gasteiger partial charge in [0.2, 0.25) is 0 Å². The van der Waals surface area contributed by atoms with E-state index in [2.05, 4.69) is 37.0 Å². The molecule has 0 aliphatic heterocycles. The Bertz CT molecular complexity index is 981. The molecule has 0 saturated heterocycles. The second-order valence-electron chi connectivity index (χ2n) is 5.68. The van der Waals surface area contributed by atoms with Crippen molar-refractivity contribution in [1.29, 1.82) is 5.26 Å². The molecule has 0 spiro atoms. The molecule has 3 rings (SSSR count). The lowest BCUT2D eigenvalue weighted by molar-refractivity contribution is 0.625.